The summed E-state index contributed by atoms with van der Waals surface area (Å²) in [6.07, 6.45) is -2.34. The van der Waals surface area contributed by atoms with Gasteiger partial charge in [-0.05, 0) is 31.5 Å². The van der Waals surface area contributed by atoms with Gasteiger partial charge in [-0.15, -0.1) is 0 Å². The number of nitrogens with zero attached hydrogens (tertiary/aromatic N) is 5. The van der Waals surface area contributed by atoms with E-state index in [1.807, 2.05) is 6.92 Å². The van der Waals surface area contributed by atoms with Gasteiger partial charge in [0.15, 0.2) is 11.6 Å². The third-order valence-electron chi connectivity index (χ3n) is 3.98. The van der Waals surface area contributed by atoms with E-state index in [1.54, 1.807) is 19.1 Å². The van der Waals surface area contributed by atoms with Crippen LogP contribution in [0.15, 0.2) is 29.5 Å². The van der Waals surface area contributed by atoms with Gasteiger partial charge in [-0.3, -0.25) is 9.80 Å². The molecule has 0 aromatic carbocycles. The number of hydrogen-bond donors (Lipinski definition) is 1. The Morgan fingerprint density at radius 2 is 2.14 bits per heavy atom. The van der Waals surface area contributed by atoms with Crippen molar-refractivity contribution in [1.29, 1.82) is 0 Å². The minimum Gasteiger partial charge on any atom is -0.378 e. The van der Waals surface area contributed by atoms with Gasteiger partial charge in [-0.2, -0.15) is 23.4 Å². The highest BCUT2D eigenvalue weighted by atomic mass is 35.5. The Morgan fingerprint density at radius 3 is 2.71 bits per heavy atom. The van der Waals surface area contributed by atoms with E-state index in [1.165, 1.54) is 24.0 Å². The highest BCUT2D eigenvalue weighted by molar-refractivity contribution is 6.32. The van der Waals surface area contributed by atoms with Gasteiger partial charge in [0.25, 0.3) is 0 Å². The number of alkyl halides is 3. The molecule has 7 nitrogen and oxygen atoms in total. The fourth-order valence-electron chi connectivity index (χ4n) is 2.36. The third-order valence-corrected chi connectivity index (χ3v) is 4.27. The average molecular weight is 417 g/mol. The van der Waals surface area contributed by atoms with Crippen molar-refractivity contribution >= 4 is 23.2 Å². The summed E-state index contributed by atoms with van der Waals surface area (Å²) in [6.45, 7) is 3.45. The van der Waals surface area contributed by atoms with Crippen LogP contribution in [0, 0.1) is 0 Å². The molecule has 2 aromatic rings. The molecule has 0 saturated heterocycles. The number of hydrazone groups is 1. The van der Waals surface area contributed by atoms with Crippen LogP contribution in [-0.2, 0) is 0 Å². The van der Waals surface area contributed by atoms with Crippen molar-refractivity contribution in [2.24, 2.45) is 10.8 Å². The summed E-state index contributed by atoms with van der Waals surface area (Å²) in [6, 6.07) is 4.04. The number of amidine groups is 1. The van der Waals surface area contributed by atoms with Crippen molar-refractivity contribution < 1.29 is 18.0 Å². The Bertz CT molecular complexity index is 880. The van der Waals surface area contributed by atoms with E-state index in [0.717, 1.165) is 5.01 Å². The smallest absolute Gasteiger partial charge is 0.378 e. The molecule has 2 heterocycles. The number of aromatic nitrogens is 3. The third kappa shape index (κ3) is 4.80. The maximum atomic E-state index is 12.6. The van der Waals surface area contributed by atoms with Crippen LogP contribution in [0.1, 0.15) is 48.9 Å². The largest absolute Gasteiger partial charge is 0.450 e. The van der Waals surface area contributed by atoms with E-state index in [9.17, 15) is 18.0 Å². The first-order valence-corrected chi connectivity index (χ1v) is 8.82. The molecule has 1 atom stereocenters. The van der Waals surface area contributed by atoms with Crippen molar-refractivity contribution in [1.82, 2.24) is 19.8 Å². The Balaban J connectivity index is 2.47. The van der Waals surface area contributed by atoms with Crippen LogP contribution in [-0.4, -0.2) is 44.6 Å². The Morgan fingerprint density at radius 1 is 1.46 bits per heavy atom. The number of halogens is 4. The number of hydrogen-bond acceptors (Lipinski definition) is 5. The van der Waals surface area contributed by atoms with Gasteiger partial charge in [0, 0.05) is 19.7 Å². The molecule has 0 fully saturated rings. The molecule has 0 radical (unpaired) electrons. The summed E-state index contributed by atoms with van der Waals surface area (Å²) >= 11 is 6.17. The highest BCUT2D eigenvalue weighted by Gasteiger charge is 2.34. The molecule has 0 aliphatic rings. The van der Waals surface area contributed by atoms with Crippen LogP contribution in [0.5, 0.6) is 0 Å². The number of rotatable bonds is 7. The lowest BCUT2D eigenvalue weighted by Crippen LogP contribution is -2.34. The second-order valence-corrected chi connectivity index (χ2v) is 6.49. The number of nitrogens with two attached hydrogens (primary N) is 1. The Hall–Kier alpha value is -2.62. The Labute approximate surface area is 165 Å². The fourth-order valence-corrected chi connectivity index (χ4v) is 2.56. The van der Waals surface area contributed by atoms with E-state index in [4.69, 9.17) is 17.3 Å². The van der Waals surface area contributed by atoms with Gasteiger partial charge >= 0.3 is 6.18 Å². The molecule has 0 bridgehead atoms. The van der Waals surface area contributed by atoms with Crippen molar-refractivity contribution in [2.45, 2.75) is 38.9 Å². The van der Waals surface area contributed by atoms with Gasteiger partial charge in [-0.25, -0.2) is 9.67 Å². The predicted octanol–water partition coefficient (Wildman–Crippen LogP) is 3.73. The van der Waals surface area contributed by atoms with Gasteiger partial charge in [-0.1, -0.05) is 18.5 Å². The maximum Gasteiger partial charge on any atom is 0.450 e. The first-order valence-electron chi connectivity index (χ1n) is 8.44. The molecular formula is C17H20ClF3N6O. The van der Waals surface area contributed by atoms with Gasteiger partial charge in [0.1, 0.15) is 5.69 Å². The quantitative estimate of drug-likeness (QED) is 0.321. The van der Waals surface area contributed by atoms with Gasteiger partial charge in [0.05, 0.1) is 16.8 Å². The minimum absolute atomic E-state index is 0.184. The summed E-state index contributed by atoms with van der Waals surface area (Å²) in [5.74, 6) is -1.41. The van der Waals surface area contributed by atoms with E-state index in [0.29, 0.717) is 12.1 Å². The predicted molar refractivity (Wildman–Crippen MR) is 99.5 cm³/mol. The lowest BCUT2D eigenvalue weighted by Gasteiger charge is -2.21. The summed E-state index contributed by atoms with van der Waals surface area (Å²) < 4.78 is 39.2. The van der Waals surface area contributed by atoms with E-state index in [-0.39, 0.29) is 28.7 Å². The summed E-state index contributed by atoms with van der Waals surface area (Å²) in [5.41, 5.74) is 5.54. The SMILES string of the molecule is CCCC(=O)c1cc(C(C)N(C)/N=C(\N)C(F)(F)F)nn1-c1ncccc1Cl. The zero-order chi connectivity index (χ0) is 21.1. The number of pyridine rings is 1. The zero-order valence-corrected chi connectivity index (χ0v) is 16.3. The molecule has 1 unspecified atom stereocenters. The van der Waals surface area contributed by atoms with Crippen LogP contribution in [0.4, 0.5) is 13.2 Å². The second kappa shape index (κ2) is 8.59. The first-order chi connectivity index (χ1) is 13.1. The normalized spacial score (nSPS) is 13.5. The molecule has 0 aliphatic heterocycles. The summed E-state index contributed by atoms with van der Waals surface area (Å²) in [4.78, 5) is 16.7. The fraction of sp³-hybridized carbons (Fsp3) is 0.412. The van der Waals surface area contributed by atoms with Crippen LogP contribution in [0.2, 0.25) is 5.02 Å². The number of ketones is 1. The Kier molecular flexibility index (Phi) is 6.65. The van der Waals surface area contributed by atoms with Crippen molar-refractivity contribution in [2.75, 3.05) is 7.05 Å². The topological polar surface area (TPSA) is 89.4 Å². The van der Waals surface area contributed by atoms with Crippen LogP contribution in [0.25, 0.3) is 5.82 Å². The molecule has 0 spiro atoms. The molecule has 0 saturated carbocycles. The molecule has 2 rings (SSSR count). The summed E-state index contributed by atoms with van der Waals surface area (Å²) in [5, 5.41) is 9.02. The summed E-state index contributed by atoms with van der Waals surface area (Å²) in [7, 11) is 1.34. The van der Waals surface area contributed by atoms with Gasteiger partial charge < -0.3 is 5.73 Å². The van der Waals surface area contributed by atoms with E-state index < -0.39 is 18.1 Å². The van der Waals surface area contributed by atoms with Crippen LogP contribution in [0.3, 0.4) is 0 Å². The van der Waals surface area contributed by atoms with Crippen molar-refractivity contribution in [3.05, 3.63) is 40.8 Å². The molecule has 152 valence electrons. The number of carbonyl (C=O) groups is 1. The second-order valence-electron chi connectivity index (χ2n) is 6.08. The molecule has 11 heteroatoms. The highest BCUT2D eigenvalue weighted by Crippen LogP contribution is 2.25. The van der Waals surface area contributed by atoms with Gasteiger partial charge in [0.2, 0.25) is 5.84 Å². The number of Topliss-reactive ketones (excluding diaryl/α,β-unsaturated/α-hetero) is 1. The van der Waals surface area contributed by atoms with Crippen LogP contribution < -0.4 is 5.73 Å². The van der Waals surface area contributed by atoms with E-state index >= 15 is 0 Å². The molecule has 28 heavy (non-hydrogen) atoms. The lowest BCUT2D eigenvalue weighted by molar-refractivity contribution is -0.0614. The molecule has 2 N–H and O–H groups in total. The van der Waals surface area contributed by atoms with E-state index in [2.05, 4.69) is 15.2 Å². The average Bonchev–Trinajstić information content (AvgIpc) is 3.06. The molecule has 2 aromatic heterocycles. The molecular weight excluding hydrogens is 397 g/mol. The van der Waals surface area contributed by atoms with Crippen LogP contribution >= 0.6 is 11.6 Å². The van der Waals surface area contributed by atoms with Crippen molar-refractivity contribution in [3.63, 3.8) is 0 Å². The first kappa shape index (κ1) is 21.7. The standard InChI is InChI=1S/C17H20ClF3N6O/c1-4-6-14(28)13-9-12(10(2)26(3)25-16(22)17(19,20)21)24-27(13)15-11(18)7-5-8-23-15/h5,7-10H,4,6H2,1-3H3,(H2,22,25). The monoisotopic (exact) mass is 416 g/mol. The molecule has 0 aliphatic carbocycles. The maximum absolute atomic E-state index is 12.6. The molecule has 0 amide bonds. The van der Waals surface area contributed by atoms with Crippen molar-refractivity contribution in [3.8, 4) is 5.82 Å². The zero-order valence-electron chi connectivity index (χ0n) is 15.5. The lowest BCUT2D eigenvalue weighted by atomic mass is 10.1. The number of carbonyl (C=O) groups excluding carboxylic acids is 1. The minimum atomic E-state index is -4.74.